The summed E-state index contributed by atoms with van der Waals surface area (Å²) in [7, 11) is 1.62. The van der Waals surface area contributed by atoms with E-state index >= 15 is 0 Å². The molecule has 1 heterocycles. The molecule has 0 aliphatic carbocycles. The molecule has 0 saturated heterocycles. The standard InChI is InChI=1S/C25H21Cl2N3O3/c1-32-19-9-11-20(12-10-19)33-16-17-5-7-18(8-6-17)25(31)28-24-13-14-30(29-24)15-21-22(26)3-2-4-23(21)27/h2-14H,15-16H2,1H3,(H,28,29,31). The fraction of sp³-hybridized carbons (Fsp3) is 0.120. The van der Waals surface area contributed by atoms with E-state index in [-0.39, 0.29) is 5.91 Å². The second-order valence-corrected chi connectivity index (χ2v) is 8.03. The maximum Gasteiger partial charge on any atom is 0.256 e. The van der Waals surface area contributed by atoms with Crippen LogP contribution in [-0.2, 0) is 13.2 Å². The quantitative estimate of drug-likeness (QED) is 0.331. The van der Waals surface area contributed by atoms with Crippen LogP contribution in [0.2, 0.25) is 10.0 Å². The van der Waals surface area contributed by atoms with Crippen molar-refractivity contribution in [3.05, 3.63) is 106 Å². The van der Waals surface area contributed by atoms with Crippen molar-refractivity contribution in [3.8, 4) is 11.5 Å². The number of halogens is 2. The van der Waals surface area contributed by atoms with Gasteiger partial charge in [0.1, 0.15) is 18.1 Å². The van der Waals surface area contributed by atoms with Gasteiger partial charge in [-0.3, -0.25) is 9.48 Å². The van der Waals surface area contributed by atoms with Crippen LogP contribution in [0.25, 0.3) is 0 Å². The lowest BCUT2D eigenvalue weighted by atomic mass is 10.1. The highest BCUT2D eigenvalue weighted by Crippen LogP contribution is 2.25. The number of amides is 1. The Kier molecular flexibility index (Phi) is 7.17. The predicted molar refractivity (Wildman–Crippen MR) is 130 cm³/mol. The molecular weight excluding hydrogens is 461 g/mol. The number of hydrogen-bond donors (Lipinski definition) is 1. The number of nitrogens with zero attached hydrogens (tertiary/aromatic N) is 2. The second-order valence-electron chi connectivity index (χ2n) is 7.21. The van der Waals surface area contributed by atoms with Crippen molar-refractivity contribution in [2.75, 3.05) is 12.4 Å². The molecule has 6 nitrogen and oxygen atoms in total. The molecule has 8 heteroatoms. The fourth-order valence-electron chi connectivity index (χ4n) is 3.14. The van der Waals surface area contributed by atoms with Gasteiger partial charge in [0, 0.05) is 33.4 Å². The predicted octanol–water partition coefficient (Wildman–Crippen LogP) is 6.08. The first-order chi connectivity index (χ1) is 16.0. The molecule has 0 aliphatic heterocycles. The molecule has 33 heavy (non-hydrogen) atoms. The Morgan fingerprint density at radius 1 is 0.939 bits per heavy atom. The van der Waals surface area contributed by atoms with Crippen LogP contribution in [-0.4, -0.2) is 22.8 Å². The fourth-order valence-corrected chi connectivity index (χ4v) is 3.66. The molecule has 4 rings (SSSR count). The maximum atomic E-state index is 12.6. The van der Waals surface area contributed by atoms with E-state index < -0.39 is 0 Å². The van der Waals surface area contributed by atoms with Crippen molar-refractivity contribution >= 4 is 34.9 Å². The molecule has 0 saturated carbocycles. The third-order valence-corrected chi connectivity index (χ3v) is 5.65. The van der Waals surface area contributed by atoms with Crippen LogP contribution in [0.3, 0.4) is 0 Å². The minimum atomic E-state index is -0.251. The molecule has 0 bridgehead atoms. The summed E-state index contributed by atoms with van der Waals surface area (Å²) in [6.07, 6.45) is 1.76. The van der Waals surface area contributed by atoms with Crippen LogP contribution < -0.4 is 14.8 Å². The SMILES string of the molecule is COc1ccc(OCc2ccc(C(=O)Nc3ccn(Cc4c(Cl)cccc4Cl)n3)cc2)cc1. The number of benzene rings is 3. The largest absolute Gasteiger partial charge is 0.497 e. The Morgan fingerprint density at radius 3 is 2.27 bits per heavy atom. The Labute approximate surface area is 201 Å². The molecule has 1 N–H and O–H groups in total. The number of methoxy groups -OCH3 is 1. The van der Waals surface area contributed by atoms with Gasteiger partial charge in [-0.15, -0.1) is 0 Å². The van der Waals surface area contributed by atoms with Gasteiger partial charge in [0.25, 0.3) is 5.91 Å². The summed E-state index contributed by atoms with van der Waals surface area (Å²) in [6.45, 7) is 0.792. The summed E-state index contributed by atoms with van der Waals surface area (Å²) in [5.74, 6) is 1.70. The van der Waals surface area contributed by atoms with Crippen LogP contribution in [0.1, 0.15) is 21.5 Å². The van der Waals surface area contributed by atoms with Crippen molar-refractivity contribution in [3.63, 3.8) is 0 Å². The molecule has 1 aromatic heterocycles. The first kappa shape index (κ1) is 22.7. The zero-order valence-corrected chi connectivity index (χ0v) is 19.3. The summed E-state index contributed by atoms with van der Waals surface area (Å²) in [6, 6.07) is 21.7. The normalized spacial score (nSPS) is 10.6. The molecule has 0 fully saturated rings. The highest BCUT2D eigenvalue weighted by Gasteiger charge is 2.11. The number of anilines is 1. The second kappa shape index (κ2) is 10.4. The van der Waals surface area contributed by atoms with Gasteiger partial charge in [0.05, 0.1) is 13.7 Å². The van der Waals surface area contributed by atoms with E-state index in [2.05, 4.69) is 10.4 Å². The third-order valence-electron chi connectivity index (χ3n) is 4.95. The molecule has 0 atom stereocenters. The summed E-state index contributed by atoms with van der Waals surface area (Å²) >= 11 is 12.4. The Hall–Kier alpha value is -3.48. The summed E-state index contributed by atoms with van der Waals surface area (Å²) < 4.78 is 12.6. The average molecular weight is 482 g/mol. The molecule has 4 aromatic rings. The molecule has 0 aliphatic rings. The van der Waals surface area contributed by atoms with Crippen LogP contribution in [0.5, 0.6) is 11.5 Å². The molecule has 3 aromatic carbocycles. The smallest absolute Gasteiger partial charge is 0.256 e. The van der Waals surface area contributed by atoms with Gasteiger partial charge in [-0.1, -0.05) is 41.4 Å². The van der Waals surface area contributed by atoms with Gasteiger partial charge >= 0.3 is 0 Å². The van der Waals surface area contributed by atoms with Gasteiger partial charge in [-0.2, -0.15) is 5.10 Å². The minimum Gasteiger partial charge on any atom is -0.497 e. The Bertz CT molecular complexity index is 1220. The van der Waals surface area contributed by atoms with E-state index in [0.717, 1.165) is 22.6 Å². The summed E-state index contributed by atoms with van der Waals surface area (Å²) in [5.41, 5.74) is 2.24. The van der Waals surface area contributed by atoms with E-state index in [9.17, 15) is 4.79 Å². The Balaban J connectivity index is 1.33. The number of carbonyl (C=O) groups excluding carboxylic acids is 1. The van der Waals surface area contributed by atoms with E-state index in [1.807, 2.05) is 36.4 Å². The first-order valence-electron chi connectivity index (χ1n) is 10.2. The van der Waals surface area contributed by atoms with E-state index in [0.29, 0.717) is 34.6 Å². The molecule has 0 unspecified atom stereocenters. The summed E-state index contributed by atoms with van der Waals surface area (Å²) in [5, 5.41) is 8.32. The van der Waals surface area contributed by atoms with Crippen molar-refractivity contribution in [2.45, 2.75) is 13.2 Å². The number of nitrogens with one attached hydrogen (secondary N) is 1. The number of rotatable bonds is 8. The summed E-state index contributed by atoms with van der Waals surface area (Å²) in [4.78, 5) is 12.6. The monoisotopic (exact) mass is 481 g/mol. The van der Waals surface area contributed by atoms with Gasteiger partial charge in [0.2, 0.25) is 0 Å². The first-order valence-corrected chi connectivity index (χ1v) is 10.9. The number of ether oxygens (including phenoxy) is 2. The van der Waals surface area contributed by atoms with Crippen molar-refractivity contribution < 1.29 is 14.3 Å². The van der Waals surface area contributed by atoms with Crippen molar-refractivity contribution in [2.24, 2.45) is 0 Å². The van der Waals surface area contributed by atoms with Crippen molar-refractivity contribution in [1.82, 2.24) is 9.78 Å². The van der Waals surface area contributed by atoms with Crippen LogP contribution in [0.15, 0.2) is 79.0 Å². The van der Waals surface area contributed by atoms with E-state index in [4.69, 9.17) is 32.7 Å². The lowest BCUT2D eigenvalue weighted by molar-refractivity contribution is 0.102. The van der Waals surface area contributed by atoms with Gasteiger partial charge in [-0.05, 0) is 54.1 Å². The highest BCUT2D eigenvalue weighted by atomic mass is 35.5. The van der Waals surface area contributed by atoms with Crippen LogP contribution in [0, 0.1) is 0 Å². The lowest BCUT2D eigenvalue weighted by Gasteiger charge is -2.08. The maximum absolute atomic E-state index is 12.6. The van der Waals surface area contributed by atoms with E-state index in [1.165, 1.54) is 0 Å². The minimum absolute atomic E-state index is 0.251. The molecular formula is C25H21Cl2N3O3. The Morgan fingerprint density at radius 2 is 1.61 bits per heavy atom. The van der Waals surface area contributed by atoms with Gasteiger partial charge < -0.3 is 14.8 Å². The zero-order valence-electron chi connectivity index (χ0n) is 17.8. The third kappa shape index (κ3) is 5.86. The van der Waals surface area contributed by atoms with E-state index in [1.54, 1.807) is 54.4 Å². The highest BCUT2D eigenvalue weighted by molar-refractivity contribution is 6.35. The van der Waals surface area contributed by atoms with Gasteiger partial charge in [-0.25, -0.2) is 0 Å². The molecule has 0 radical (unpaired) electrons. The molecule has 0 spiro atoms. The average Bonchev–Trinajstić information content (AvgIpc) is 3.27. The number of aromatic nitrogens is 2. The molecule has 1 amide bonds. The number of hydrogen-bond acceptors (Lipinski definition) is 4. The van der Waals surface area contributed by atoms with Gasteiger partial charge in [0.15, 0.2) is 5.82 Å². The topological polar surface area (TPSA) is 65.4 Å². The van der Waals surface area contributed by atoms with Crippen LogP contribution in [0.4, 0.5) is 5.82 Å². The van der Waals surface area contributed by atoms with Crippen LogP contribution >= 0.6 is 23.2 Å². The number of carbonyl (C=O) groups is 1. The zero-order chi connectivity index (χ0) is 23.2. The lowest BCUT2D eigenvalue weighted by Crippen LogP contribution is -2.13. The van der Waals surface area contributed by atoms with Crippen molar-refractivity contribution in [1.29, 1.82) is 0 Å². The molecule has 168 valence electrons.